The lowest BCUT2D eigenvalue weighted by molar-refractivity contribution is 0.0943. The molecule has 7 nitrogen and oxygen atoms in total. The lowest BCUT2D eigenvalue weighted by atomic mass is 10.0. The molecule has 26 heavy (non-hydrogen) atoms. The van der Waals surface area contributed by atoms with Crippen LogP contribution in [0.25, 0.3) is 22.2 Å². The summed E-state index contributed by atoms with van der Waals surface area (Å²) in [5.41, 5.74) is 2.33. The Kier molecular flexibility index (Phi) is 4.16. The predicted octanol–water partition coefficient (Wildman–Crippen LogP) is 2.20. The molecule has 1 fully saturated rings. The first-order valence-electron chi connectivity index (χ1n) is 8.02. The van der Waals surface area contributed by atoms with E-state index in [0.29, 0.717) is 33.6 Å². The number of halogens is 1. The van der Waals surface area contributed by atoms with Crippen LogP contribution in [-0.2, 0) is 9.84 Å². The monoisotopic (exact) mass is 390 g/mol. The third-order valence-electron chi connectivity index (χ3n) is 4.38. The average molecular weight is 391 g/mol. The van der Waals surface area contributed by atoms with Gasteiger partial charge < -0.3 is 5.32 Å². The number of benzene rings is 1. The minimum absolute atomic E-state index is 0.0256. The van der Waals surface area contributed by atoms with Crippen LogP contribution in [-0.4, -0.2) is 47.1 Å². The number of nitrogens with one attached hydrogen (secondary N) is 2. The van der Waals surface area contributed by atoms with E-state index in [-0.39, 0.29) is 23.5 Å². The maximum atomic E-state index is 12.8. The zero-order valence-corrected chi connectivity index (χ0v) is 15.1. The van der Waals surface area contributed by atoms with Crippen molar-refractivity contribution in [1.29, 1.82) is 0 Å². The lowest BCUT2D eigenvalue weighted by Crippen LogP contribution is -2.35. The van der Waals surface area contributed by atoms with Gasteiger partial charge >= 0.3 is 0 Å². The van der Waals surface area contributed by atoms with Gasteiger partial charge in [0.15, 0.2) is 9.84 Å². The Labute approximate surface area is 154 Å². The van der Waals surface area contributed by atoms with Gasteiger partial charge in [-0.2, -0.15) is 5.10 Å². The summed E-state index contributed by atoms with van der Waals surface area (Å²) in [7, 11) is -3.07. The number of hydrogen-bond donors (Lipinski definition) is 2. The van der Waals surface area contributed by atoms with Gasteiger partial charge in [0.1, 0.15) is 0 Å². The number of aromatic amines is 1. The number of nitrogens with zero attached hydrogens (tertiary/aromatic N) is 2. The molecule has 1 atom stereocenters. The van der Waals surface area contributed by atoms with E-state index in [2.05, 4.69) is 20.5 Å². The zero-order valence-electron chi connectivity index (χ0n) is 13.6. The molecular weight excluding hydrogens is 376 g/mol. The third-order valence-corrected chi connectivity index (χ3v) is 6.38. The average Bonchev–Trinajstić information content (AvgIpc) is 3.23. The van der Waals surface area contributed by atoms with E-state index < -0.39 is 9.84 Å². The first kappa shape index (κ1) is 17.0. The molecule has 0 bridgehead atoms. The molecule has 1 aliphatic heterocycles. The van der Waals surface area contributed by atoms with Gasteiger partial charge in [-0.3, -0.25) is 9.89 Å². The maximum absolute atomic E-state index is 12.8. The largest absolute Gasteiger partial charge is 0.348 e. The topological polar surface area (TPSA) is 105 Å². The van der Waals surface area contributed by atoms with Crippen molar-refractivity contribution >= 4 is 38.2 Å². The summed E-state index contributed by atoms with van der Waals surface area (Å²) in [6.45, 7) is 0. The number of carbonyl (C=O) groups is 1. The highest BCUT2D eigenvalue weighted by atomic mass is 35.5. The molecule has 1 saturated heterocycles. The maximum Gasteiger partial charge on any atom is 0.252 e. The van der Waals surface area contributed by atoms with Crippen LogP contribution < -0.4 is 5.32 Å². The number of rotatable bonds is 3. The van der Waals surface area contributed by atoms with Crippen LogP contribution in [0.5, 0.6) is 0 Å². The molecule has 0 radical (unpaired) electrons. The molecule has 2 N–H and O–H groups in total. The Morgan fingerprint density at radius 2 is 2.15 bits per heavy atom. The fraction of sp³-hybridized carbons (Fsp3) is 0.235. The SMILES string of the molecule is O=C(N[C@H]1CCS(=O)(=O)C1)c1cc(-c2cn[nH]c2)nc2cc(Cl)ccc12. The minimum atomic E-state index is -3.07. The number of sulfone groups is 1. The summed E-state index contributed by atoms with van der Waals surface area (Å²) in [6.07, 6.45) is 3.73. The summed E-state index contributed by atoms with van der Waals surface area (Å²) in [4.78, 5) is 17.4. The van der Waals surface area contributed by atoms with E-state index in [1.807, 2.05) is 0 Å². The van der Waals surface area contributed by atoms with Gasteiger partial charge in [-0.05, 0) is 24.6 Å². The molecule has 0 unspecified atom stereocenters. The van der Waals surface area contributed by atoms with Crippen molar-refractivity contribution in [3.8, 4) is 11.3 Å². The van der Waals surface area contributed by atoms with Gasteiger partial charge in [0.2, 0.25) is 0 Å². The van der Waals surface area contributed by atoms with E-state index in [4.69, 9.17) is 11.6 Å². The number of fused-ring (bicyclic) bond motifs is 1. The summed E-state index contributed by atoms with van der Waals surface area (Å²) in [5.74, 6) is -0.251. The number of carbonyl (C=O) groups excluding carboxylic acids is 1. The number of aromatic nitrogens is 3. The van der Waals surface area contributed by atoms with Crippen molar-refractivity contribution in [3.05, 3.63) is 47.2 Å². The number of H-pyrrole nitrogens is 1. The summed E-state index contributed by atoms with van der Waals surface area (Å²) < 4.78 is 23.3. The summed E-state index contributed by atoms with van der Waals surface area (Å²) in [6, 6.07) is 6.43. The second-order valence-corrected chi connectivity index (χ2v) is 8.94. The van der Waals surface area contributed by atoms with Crippen molar-refractivity contribution in [3.63, 3.8) is 0 Å². The number of amides is 1. The number of pyridine rings is 1. The first-order chi connectivity index (χ1) is 12.4. The van der Waals surface area contributed by atoms with Gasteiger partial charge in [0, 0.05) is 28.2 Å². The molecule has 3 aromatic rings. The van der Waals surface area contributed by atoms with Crippen LogP contribution in [0.1, 0.15) is 16.8 Å². The van der Waals surface area contributed by atoms with Crippen LogP contribution >= 0.6 is 11.6 Å². The summed E-state index contributed by atoms with van der Waals surface area (Å²) in [5, 5.41) is 10.6. The fourth-order valence-electron chi connectivity index (χ4n) is 3.10. The van der Waals surface area contributed by atoms with Gasteiger partial charge in [-0.1, -0.05) is 17.7 Å². The normalized spacial score (nSPS) is 18.9. The molecule has 3 heterocycles. The Bertz CT molecular complexity index is 1100. The van der Waals surface area contributed by atoms with Gasteiger partial charge in [0.05, 0.1) is 34.5 Å². The second-order valence-electron chi connectivity index (χ2n) is 6.28. The Morgan fingerprint density at radius 1 is 1.31 bits per heavy atom. The van der Waals surface area contributed by atoms with Crippen LogP contribution in [0, 0.1) is 0 Å². The summed E-state index contributed by atoms with van der Waals surface area (Å²) >= 11 is 6.07. The predicted molar refractivity (Wildman–Crippen MR) is 98.9 cm³/mol. The lowest BCUT2D eigenvalue weighted by Gasteiger charge is -2.13. The highest BCUT2D eigenvalue weighted by Crippen LogP contribution is 2.27. The van der Waals surface area contributed by atoms with Crippen molar-refractivity contribution < 1.29 is 13.2 Å². The third kappa shape index (κ3) is 3.30. The first-order valence-corrected chi connectivity index (χ1v) is 10.2. The van der Waals surface area contributed by atoms with Crippen molar-refractivity contribution in [1.82, 2.24) is 20.5 Å². The molecule has 0 saturated carbocycles. The highest BCUT2D eigenvalue weighted by Gasteiger charge is 2.29. The molecule has 4 rings (SSSR count). The smallest absolute Gasteiger partial charge is 0.252 e. The molecule has 0 aliphatic carbocycles. The van der Waals surface area contributed by atoms with E-state index in [1.165, 1.54) is 0 Å². The highest BCUT2D eigenvalue weighted by molar-refractivity contribution is 7.91. The molecule has 2 aromatic heterocycles. The van der Waals surface area contributed by atoms with Gasteiger partial charge in [0.25, 0.3) is 5.91 Å². The van der Waals surface area contributed by atoms with Gasteiger partial charge in [-0.15, -0.1) is 0 Å². The molecule has 1 amide bonds. The van der Waals surface area contributed by atoms with Crippen LogP contribution in [0.2, 0.25) is 5.02 Å². The molecule has 1 aromatic carbocycles. The Morgan fingerprint density at radius 3 is 2.85 bits per heavy atom. The molecular formula is C17H15ClN4O3S. The molecule has 1 aliphatic rings. The standard InChI is InChI=1S/C17H15ClN4O3S/c18-11-1-2-13-14(17(23)21-12-3-4-26(24,25)9-12)6-15(22-16(13)5-11)10-7-19-20-8-10/h1-2,5-8,12H,3-4,9H2,(H,19,20)(H,21,23)/t12-/m0/s1. The van der Waals surface area contributed by atoms with E-state index in [9.17, 15) is 13.2 Å². The van der Waals surface area contributed by atoms with Crippen LogP contribution in [0.4, 0.5) is 0 Å². The molecule has 0 spiro atoms. The quantitative estimate of drug-likeness (QED) is 0.713. The van der Waals surface area contributed by atoms with Crippen molar-refractivity contribution in [2.75, 3.05) is 11.5 Å². The Hall–Kier alpha value is -2.45. The van der Waals surface area contributed by atoms with E-state index in [1.54, 1.807) is 36.7 Å². The minimum Gasteiger partial charge on any atom is -0.348 e. The van der Waals surface area contributed by atoms with Crippen LogP contribution in [0.3, 0.4) is 0 Å². The Balaban J connectivity index is 1.76. The van der Waals surface area contributed by atoms with Gasteiger partial charge in [-0.25, -0.2) is 13.4 Å². The van der Waals surface area contributed by atoms with E-state index >= 15 is 0 Å². The van der Waals surface area contributed by atoms with Crippen molar-refractivity contribution in [2.24, 2.45) is 0 Å². The fourth-order valence-corrected chi connectivity index (χ4v) is 4.94. The number of hydrogen-bond acceptors (Lipinski definition) is 5. The molecule has 134 valence electrons. The van der Waals surface area contributed by atoms with Crippen molar-refractivity contribution in [2.45, 2.75) is 12.5 Å². The molecule has 9 heteroatoms. The zero-order chi connectivity index (χ0) is 18.3. The second kappa shape index (κ2) is 6.37. The van der Waals surface area contributed by atoms with E-state index in [0.717, 1.165) is 5.56 Å². The van der Waals surface area contributed by atoms with Crippen LogP contribution in [0.15, 0.2) is 36.7 Å².